The van der Waals surface area contributed by atoms with Crippen LogP contribution < -0.4 is 10.6 Å². The van der Waals surface area contributed by atoms with Gasteiger partial charge < -0.3 is 15.3 Å². The Labute approximate surface area is 123 Å². The lowest BCUT2D eigenvalue weighted by Crippen LogP contribution is -2.42. The number of carboxylic acids is 1. The fourth-order valence-corrected chi connectivity index (χ4v) is 1.63. The quantitative estimate of drug-likeness (QED) is 0.620. The summed E-state index contributed by atoms with van der Waals surface area (Å²) in [6.45, 7) is 3.39. The molecule has 0 spiro atoms. The molecule has 8 nitrogen and oxygen atoms in total. The molecule has 0 atom stereocenters. The number of urea groups is 1. The maximum Gasteiger partial charge on any atom is 0.321 e. The highest BCUT2D eigenvalue weighted by molar-refractivity contribution is 5.94. The summed E-state index contributed by atoms with van der Waals surface area (Å²) in [5.74, 6) is -1.69. The summed E-state index contributed by atoms with van der Waals surface area (Å²) >= 11 is 0. The second kappa shape index (κ2) is 8.23. The number of aliphatic carboxylic acids is 1. The van der Waals surface area contributed by atoms with Gasteiger partial charge in [0.05, 0.1) is 6.42 Å². The molecule has 0 aromatic carbocycles. The molecule has 0 aliphatic rings. The normalized spacial score (nSPS) is 10.7. The van der Waals surface area contributed by atoms with E-state index >= 15 is 0 Å². The van der Waals surface area contributed by atoms with Crippen molar-refractivity contribution in [3.05, 3.63) is 0 Å². The maximum absolute atomic E-state index is 11.6. The van der Waals surface area contributed by atoms with Crippen molar-refractivity contribution in [2.45, 2.75) is 33.1 Å². The van der Waals surface area contributed by atoms with Gasteiger partial charge in [-0.3, -0.25) is 19.7 Å². The first-order valence-corrected chi connectivity index (χ1v) is 6.53. The summed E-state index contributed by atoms with van der Waals surface area (Å²) in [7, 11) is 3.22. The van der Waals surface area contributed by atoms with E-state index in [2.05, 4.69) is 10.6 Å². The average Bonchev–Trinajstić information content (AvgIpc) is 2.24. The monoisotopic (exact) mass is 301 g/mol. The highest BCUT2D eigenvalue weighted by atomic mass is 16.4. The van der Waals surface area contributed by atoms with Crippen molar-refractivity contribution in [1.82, 2.24) is 15.5 Å². The average molecular weight is 301 g/mol. The Morgan fingerprint density at radius 2 is 1.67 bits per heavy atom. The van der Waals surface area contributed by atoms with Crippen LogP contribution in [-0.2, 0) is 14.4 Å². The topological polar surface area (TPSA) is 116 Å². The van der Waals surface area contributed by atoms with Gasteiger partial charge in [0.2, 0.25) is 11.8 Å². The van der Waals surface area contributed by atoms with Gasteiger partial charge in [0.1, 0.15) is 0 Å². The van der Waals surface area contributed by atoms with E-state index in [-0.39, 0.29) is 31.7 Å². The fraction of sp³-hybridized carbons (Fsp3) is 0.692. The number of nitrogens with zero attached hydrogens (tertiary/aromatic N) is 1. The lowest BCUT2D eigenvalue weighted by molar-refractivity contribution is -0.139. The first kappa shape index (κ1) is 18.9. The van der Waals surface area contributed by atoms with E-state index in [1.54, 1.807) is 27.9 Å². The molecule has 0 aliphatic heterocycles. The molecule has 0 unspecified atom stereocenters. The molecule has 0 rings (SSSR count). The van der Waals surface area contributed by atoms with Crippen LogP contribution in [0.15, 0.2) is 0 Å². The Morgan fingerprint density at radius 1 is 1.10 bits per heavy atom. The van der Waals surface area contributed by atoms with Gasteiger partial charge in [0.15, 0.2) is 0 Å². The van der Waals surface area contributed by atoms with Crippen molar-refractivity contribution in [2.24, 2.45) is 5.41 Å². The van der Waals surface area contributed by atoms with Gasteiger partial charge in [-0.25, -0.2) is 4.79 Å². The summed E-state index contributed by atoms with van der Waals surface area (Å²) in [4.78, 5) is 46.3. The molecule has 0 radical (unpaired) electrons. The molecule has 0 aromatic rings. The van der Waals surface area contributed by atoms with Crippen LogP contribution in [0.4, 0.5) is 4.79 Å². The summed E-state index contributed by atoms with van der Waals surface area (Å²) in [5, 5.41) is 13.2. The van der Waals surface area contributed by atoms with Crippen molar-refractivity contribution >= 4 is 23.8 Å². The third kappa shape index (κ3) is 9.42. The molecule has 8 heteroatoms. The third-order valence-electron chi connectivity index (χ3n) is 2.65. The number of nitrogens with one attached hydrogen (secondary N) is 2. The van der Waals surface area contributed by atoms with Crippen molar-refractivity contribution < 1.29 is 24.3 Å². The number of carbonyl (C=O) groups is 4. The number of amides is 4. The molecule has 0 aromatic heterocycles. The van der Waals surface area contributed by atoms with E-state index in [0.29, 0.717) is 0 Å². The second-order valence-electron chi connectivity index (χ2n) is 5.75. The summed E-state index contributed by atoms with van der Waals surface area (Å²) in [6, 6.07) is -0.697. The SMILES string of the molecule is CN(C)C(=O)CCNC(=O)NC(=O)CC(C)(C)CC(=O)O. The first-order chi connectivity index (χ1) is 9.53. The van der Waals surface area contributed by atoms with Crippen molar-refractivity contribution in [3.63, 3.8) is 0 Å². The van der Waals surface area contributed by atoms with Gasteiger partial charge >= 0.3 is 12.0 Å². The zero-order chi connectivity index (χ0) is 16.6. The van der Waals surface area contributed by atoms with Gasteiger partial charge in [-0.15, -0.1) is 0 Å². The molecule has 21 heavy (non-hydrogen) atoms. The predicted molar refractivity (Wildman–Crippen MR) is 75.5 cm³/mol. The number of carbonyl (C=O) groups excluding carboxylic acids is 3. The van der Waals surface area contributed by atoms with Crippen LogP contribution in [0.2, 0.25) is 0 Å². The molecule has 0 bridgehead atoms. The van der Waals surface area contributed by atoms with Crippen LogP contribution in [0.5, 0.6) is 0 Å². The zero-order valence-corrected chi connectivity index (χ0v) is 12.9. The van der Waals surface area contributed by atoms with Crippen LogP contribution >= 0.6 is 0 Å². The van der Waals surface area contributed by atoms with Crippen molar-refractivity contribution in [1.29, 1.82) is 0 Å². The molecule has 4 amide bonds. The van der Waals surface area contributed by atoms with Gasteiger partial charge in [-0.2, -0.15) is 0 Å². The fourth-order valence-electron chi connectivity index (χ4n) is 1.63. The van der Waals surface area contributed by atoms with Gasteiger partial charge in [-0.1, -0.05) is 13.8 Å². The number of hydrogen-bond donors (Lipinski definition) is 3. The third-order valence-corrected chi connectivity index (χ3v) is 2.65. The van der Waals surface area contributed by atoms with Crippen molar-refractivity contribution in [3.8, 4) is 0 Å². The first-order valence-electron chi connectivity index (χ1n) is 6.53. The van der Waals surface area contributed by atoms with E-state index in [0.717, 1.165) is 0 Å². The van der Waals surface area contributed by atoms with E-state index < -0.39 is 23.3 Å². The highest BCUT2D eigenvalue weighted by Crippen LogP contribution is 2.24. The Balaban J connectivity index is 4.08. The van der Waals surface area contributed by atoms with E-state index in [1.807, 2.05) is 0 Å². The highest BCUT2D eigenvalue weighted by Gasteiger charge is 2.25. The minimum atomic E-state index is -1.00. The lowest BCUT2D eigenvalue weighted by Gasteiger charge is -2.21. The van der Waals surface area contributed by atoms with E-state index in [1.165, 1.54) is 4.90 Å². The van der Waals surface area contributed by atoms with Gasteiger partial charge in [0, 0.05) is 33.5 Å². The summed E-state index contributed by atoms with van der Waals surface area (Å²) in [5.41, 5.74) is -0.739. The van der Waals surface area contributed by atoms with Crippen LogP contribution in [0, 0.1) is 5.41 Å². The Morgan fingerprint density at radius 3 is 2.14 bits per heavy atom. The van der Waals surface area contributed by atoms with Crippen LogP contribution in [-0.4, -0.2) is 54.5 Å². The Bertz CT molecular complexity index is 418. The summed E-state index contributed by atoms with van der Waals surface area (Å²) < 4.78 is 0. The largest absolute Gasteiger partial charge is 0.481 e. The molecular formula is C13H23N3O5. The second-order valence-corrected chi connectivity index (χ2v) is 5.75. The number of rotatable bonds is 7. The zero-order valence-electron chi connectivity index (χ0n) is 12.9. The molecule has 120 valence electrons. The van der Waals surface area contributed by atoms with Crippen LogP contribution in [0.1, 0.15) is 33.1 Å². The molecule has 0 saturated carbocycles. The molecule has 0 aliphatic carbocycles. The minimum Gasteiger partial charge on any atom is -0.481 e. The molecule has 0 fully saturated rings. The number of carboxylic acid groups (broad SMARTS) is 1. The molecule has 0 saturated heterocycles. The molecular weight excluding hydrogens is 278 g/mol. The van der Waals surface area contributed by atoms with E-state index in [9.17, 15) is 19.2 Å². The predicted octanol–water partition coefficient (Wildman–Crippen LogP) is 0.182. The number of hydrogen-bond acceptors (Lipinski definition) is 4. The minimum absolute atomic E-state index is 0.0800. The van der Waals surface area contributed by atoms with E-state index in [4.69, 9.17) is 5.11 Å². The van der Waals surface area contributed by atoms with Crippen molar-refractivity contribution in [2.75, 3.05) is 20.6 Å². The maximum atomic E-state index is 11.6. The lowest BCUT2D eigenvalue weighted by atomic mass is 9.85. The number of imide groups is 1. The smallest absolute Gasteiger partial charge is 0.321 e. The molecule has 3 N–H and O–H groups in total. The van der Waals surface area contributed by atoms with Gasteiger partial charge in [-0.05, 0) is 5.41 Å². The summed E-state index contributed by atoms with van der Waals surface area (Å²) in [6.07, 6.45) is -0.109. The Kier molecular flexibility index (Phi) is 7.40. The Hall–Kier alpha value is -2.12. The van der Waals surface area contributed by atoms with Crippen LogP contribution in [0.3, 0.4) is 0 Å². The van der Waals surface area contributed by atoms with Crippen LogP contribution in [0.25, 0.3) is 0 Å². The molecule has 0 heterocycles. The standard InChI is InChI=1S/C13H23N3O5/c1-13(2,8-11(19)20)7-9(17)15-12(21)14-6-5-10(18)16(3)4/h5-8H2,1-4H3,(H,19,20)(H2,14,15,17,21). The van der Waals surface area contributed by atoms with Gasteiger partial charge in [0.25, 0.3) is 0 Å².